The number of hydrogen-bond acceptors (Lipinski definition) is 2. The minimum Gasteiger partial charge on any atom is -0.294 e. The number of halogens is 2. The zero-order chi connectivity index (χ0) is 12.7. The highest BCUT2D eigenvalue weighted by Gasteiger charge is 2.23. The minimum absolute atomic E-state index is 0.0937. The van der Waals surface area contributed by atoms with Crippen molar-refractivity contribution < 1.29 is 9.18 Å². The third-order valence-corrected chi connectivity index (χ3v) is 4.47. The molecule has 0 aliphatic carbocycles. The molecule has 90 valence electrons. The van der Waals surface area contributed by atoms with E-state index in [0.717, 1.165) is 10.5 Å². The molecule has 1 heterocycles. The van der Waals surface area contributed by atoms with Gasteiger partial charge < -0.3 is 0 Å². The highest BCUT2D eigenvalue weighted by molar-refractivity contribution is 7.99. The van der Waals surface area contributed by atoms with Crippen LogP contribution in [0.3, 0.4) is 0 Å². The van der Waals surface area contributed by atoms with Gasteiger partial charge in [0, 0.05) is 21.9 Å². The average molecular weight is 279 g/mol. The summed E-state index contributed by atoms with van der Waals surface area (Å²) in [6.45, 7) is 0. The number of fused-ring (bicyclic) bond motifs is 2. The van der Waals surface area contributed by atoms with E-state index in [2.05, 4.69) is 0 Å². The third-order valence-electron chi connectivity index (χ3n) is 2.89. The molecule has 2 aromatic carbocycles. The van der Waals surface area contributed by atoms with Crippen molar-refractivity contribution in [1.82, 2.24) is 0 Å². The van der Waals surface area contributed by atoms with Gasteiger partial charge in [0.25, 0.3) is 0 Å². The van der Waals surface area contributed by atoms with Crippen molar-refractivity contribution >= 4 is 29.1 Å². The lowest BCUT2D eigenvalue weighted by Gasteiger charge is -2.06. The number of carbonyl (C=O) groups excluding carboxylic acids is 1. The summed E-state index contributed by atoms with van der Waals surface area (Å²) in [6, 6.07) is 10.0. The van der Waals surface area contributed by atoms with Crippen molar-refractivity contribution in [3.05, 3.63) is 58.4 Å². The Hall–Kier alpha value is -1.32. The summed E-state index contributed by atoms with van der Waals surface area (Å²) in [6.07, 6.45) is 0.221. The maximum atomic E-state index is 13.8. The predicted octanol–water partition coefficient (Wildman–Crippen LogP) is 4.37. The molecule has 4 heteroatoms. The van der Waals surface area contributed by atoms with Crippen LogP contribution < -0.4 is 0 Å². The van der Waals surface area contributed by atoms with Gasteiger partial charge in [0.2, 0.25) is 0 Å². The Bertz CT molecular complexity index is 654. The van der Waals surface area contributed by atoms with Crippen molar-refractivity contribution in [3.8, 4) is 0 Å². The monoisotopic (exact) mass is 278 g/mol. The van der Waals surface area contributed by atoms with Crippen LogP contribution in [0.25, 0.3) is 0 Å². The molecule has 1 aliphatic rings. The van der Waals surface area contributed by atoms with Crippen LogP contribution in [-0.2, 0) is 6.42 Å². The second kappa shape index (κ2) is 4.41. The molecule has 2 aromatic rings. The second-order valence-electron chi connectivity index (χ2n) is 4.04. The Morgan fingerprint density at radius 1 is 1.17 bits per heavy atom. The van der Waals surface area contributed by atoms with Gasteiger partial charge in [-0.2, -0.15) is 0 Å². The Morgan fingerprint density at radius 2 is 1.94 bits per heavy atom. The highest BCUT2D eigenvalue weighted by Crippen LogP contribution is 2.40. The van der Waals surface area contributed by atoms with E-state index in [1.807, 2.05) is 12.1 Å². The lowest BCUT2D eigenvalue weighted by molar-refractivity contribution is 0.0989. The van der Waals surface area contributed by atoms with Crippen LogP contribution in [0, 0.1) is 5.82 Å². The number of carbonyl (C=O) groups is 1. The van der Waals surface area contributed by atoms with E-state index in [-0.39, 0.29) is 18.0 Å². The average Bonchev–Trinajstić information content (AvgIpc) is 2.49. The number of hydrogen-bond donors (Lipinski definition) is 0. The summed E-state index contributed by atoms with van der Waals surface area (Å²) < 4.78 is 13.8. The van der Waals surface area contributed by atoms with E-state index in [1.165, 1.54) is 17.8 Å². The molecule has 0 N–H and O–H groups in total. The van der Waals surface area contributed by atoms with E-state index < -0.39 is 0 Å². The normalized spacial score (nSPS) is 13.8. The first kappa shape index (κ1) is 11.8. The smallest absolute Gasteiger partial charge is 0.168 e. The SMILES string of the molecule is O=C1Cc2c(Cl)cccc2Sc2c(F)cccc21. The molecule has 0 amide bonds. The summed E-state index contributed by atoms with van der Waals surface area (Å²) in [7, 11) is 0. The molecule has 0 bridgehead atoms. The van der Waals surface area contributed by atoms with E-state index in [1.54, 1.807) is 18.2 Å². The van der Waals surface area contributed by atoms with Gasteiger partial charge in [-0.1, -0.05) is 41.6 Å². The molecular weight excluding hydrogens is 271 g/mol. The number of rotatable bonds is 0. The van der Waals surface area contributed by atoms with Gasteiger partial charge in [-0.15, -0.1) is 0 Å². The number of Topliss-reactive ketones (excluding diaryl/α,β-unsaturated/α-hetero) is 1. The van der Waals surface area contributed by atoms with Crippen molar-refractivity contribution in [2.24, 2.45) is 0 Å². The zero-order valence-corrected chi connectivity index (χ0v) is 10.8. The fourth-order valence-corrected chi connectivity index (χ4v) is 3.43. The van der Waals surface area contributed by atoms with Crippen LogP contribution in [0.5, 0.6) is 0 Å². The third kappa shape index (κ3) is 1.84. The summed E-state index contributed by atoms with van der Waals surface area (Å²) in [4.78, 5) is 13.4. The second-order valence-corrected chi connectivity index (χ2v) is 5.49. The highest BCUT2D eigenvalue weighted by atomic mass is 35.5. The van der Waals surface area contributed by atoms with Crippen molar-refractivity contribution in [1.29, 1.82) is 0 Å². The van der Waals surface area contributed by atoms with Crippen LogP contribution >= 0.6 is 23.4 Å². The molecule has 0 aromatic heterocycles. The van der Waals surface area contributed by atoms with Gasteiger partial charge in [-0.3, -0.25) is 4.79 Å². The fourth-order valence-electron chi connectivity index (χ4n) is 2.00. The first-order valence-electron chi connectivity index (χ1n) is 5.44. The molecule has 0 saturated heterocycles. The molecule has 0 atom stereocenters. The first-order valence-corrected chi connectivity index (χ1v) is 6.63. The van der Waals surface area contributed by atoms with Crippen LogP contribution in [0.15, 0.2) is 46.2 Å². The molecule has 0 saturated carbocycles. The first-order chi connectivity index (χ1) is 8.66. The lowest BCUT2D eigenvalue weighted by atomic mass is 10.0. The molecule has 0 spiro atoms. The molecule has 0 radical (unpaired) electrons. The Morgan fingerprint density at radius 3 is 2.78 bits per heavy atom. The molecule has 0 unspecified atom stereocenters. The van der Waals surface area contributed by atoms with Gasteiger partial charge >= 0.3 is 0 Å². The predicted molar refractivity (Wildman–Crippen MR) is 70.0 cm³/mol. The van der Waals surface area contributed by atoms with Gasteiger partial charge in [0.05, 0.1) is 4.90 Å². The summed E-state index contributed by atoms with van der Waals surface area (Å²) in [5.41, 5.74) is 1.22. The molecule has 0 fully saturated rings. The van der Waals surface area contributed by atoms with E-state index >= 15 is 0 Å². The quantitative estimate of drug-likeness (QED) is 0.712. The summed E-state index contributed by atoms with van der Waals surface area (Å²) in [5, 5.41) is 0.557. The van der Waals surface area contributed by atoms with E-state index in [9.17, 15) is 9.18 Å². The van der Waals surface area contributed by atoms with Crippen LogP contribution in [0.2, 0.25) is 5.02 Å². The maximum absolute atomic E-state index is 13.8. The fraction of sp³-hybridized carbons (Fsp3) is 0.0714. The van der Waals surface area contributed by atoms with Crippen molar-refractivity contribution in [2.75, 3.05) is 0 Å². The summed E-state index contributed by atoms with van der Waals surface area (Å²) >= 11 is 7.37. The molecular formula is C14H8ClFOS. The van der Waals surface area contributed by atoms with Crippen molar-refractivity contribution in [2.45, 2.75) is 16.2 Å². The van der Waals surface area contributed by atoms with Gasteiger partial charge in [0.15, 0.2) is 5.78 Å². The van der Waals surface area contributed by atoms with Gasteiger partial charge in [-0.05, 0) is 23.8 Å². The topological polar surface area (TPSA) is 17.1 Å². The van der Waals surface area contributed by atoms with Crippen molar-refractivity contribution in [3.63, 3.8) is 0 Å². The molecule has 1 aliphatic heterocycles. The molecule has 1 nitrogen and oxygen atoms in total. The minimum atomic E-state index is -0.362. The summed E-state index contributed by atoms with van der Waals surface area (Å²) in [5.74, 6) is -0.456. The largest absolute Gasteiger partial charge is 0.294 e. The Labute approximate surface area is 113 Å². The number of ketones is 1. The van der Waals surface area contributed by atoms with Gasteiger partial charge in [-0.25, -0.2) is 4.39 Å². The standard InChI is InChI=1S/C14H8ClFOS/c15-10-4-2-6-13-9(10)7-12(17)8-3-1-5-11(16)14(8)18-13/h1-6H,7H2. The Balaban J connectivity index is 2.24. The van der Waals surface area contributed by atoms with E-state index in [4.69, 9.17) is 11.6 Å². The Kier molecular flexibility index (Phi) is 2.88. The van der Waals surface area contributed by atoms with Crippen LogP contribution in [-0.4, -0.2) is 5.78 Å². The van der Waals surface area contributed by atoms with Crippen LogP contribution in [0.4, 0.5) is 4.39 Å². The van der Waals surface area contributed by atoms with Crippen LogP contribution in [0.1, 0.15) is 15.9 Å². The molecule has 3 rings (SSSR count). The van der Waals surface area contributed by atoms with E-state index in [0.29, 0.717) is 15.5 Å². The van der Waals surface area contributed by atoms with Gasteiger partial charge in [0.1, 0.15) is 5.82 Å². The number of benzene rings is 2. The molecule has 18 heavy (non-hydrogen) atoms. The lowest BCUT2D eigenvalue weighted by Crippen LogP contribution is -2.04. The maximum Gasteiger partial charge on any atom is 0.168 e. The zero-order valence-electron chi connectivity index (χ0n) is 9.24.